The first kappa shape index (κ1) is 16.0. The van der Waals surface area contributed by atoms with Crippen molar-refractivity contribution in [1.29, 1.82) is 0 Å². The van der Waals surface area contributed by atoms with Gasteiger partial charge in [0.25, 0.3) is 0 Å². The van der Waals surface area contributed by atoms with E-state index in [0.29, 0.717) is 5.92 Å². The van der Waals surface area contributed by atoms with Gasteiger partial charge in [0, 0.05) is 6.54 Å². The van der Waals surface area contributed by atoms with Crippen LogP contribution in [0.4, 0.5) is 0 Å². The van der Waals surface area contributed by atoms with Gasteiger partial charge in [-0.3, -0.25) is 0 Å². The molecule has 19 heavy (non-hydrogen) atoms. The molecule has 1 rings (SSSR count). The van der Waals surface area contributed by atoms with Crippen molar-refractivity contribution >= 4 is 0 Å². The fourth-order valence-corrected chi connectivity index (χ4v) is 1.89. The third kappa shape index (κ3) is 6.63. The summed E-state index contributed by atoms with van der Waals surface area (Å²) in [5.41, 5.74) is 1.39. The number of benzene rings is 1. The molecule has 1 atom stereocenters. The van der Waals surface area contributed by atoms with Crippen molar-refractivity contribution < 1.29 is 4.74 Å². The maximum Gasteiger partial charge on any atom is 0.119 e. The van der Waals surface area contributed by atoms with Gasteiger partial charge in [0.15, 0.2) is 0 Å². The predicted octanol–water partition coefficient (Wildman–Crippen LogP) is 4.21. The molecule has 2 nitrogen and oxygen atoms in total. The summed E-state index contributed by atoms with van der Waals surface area (Å²) in [6, 6.07) is 8.51. The minimum Gasteiger partial charge on any atom is -0.492 e. The second-order valence-corrected chi connectivity index (χ2v) is 5.66. The number of rotatable bonds is 9. The zero-order chi connectivity index (χ0) is 14.1. The summed E-state index contributed by atoms with van der Waals surface area (Å²) < 4.78 is 5.72. The summed E-state index contributed by atoms with van der Waals surface area (Å²) >= 11 is 0. The van der Waals surface area contributed by atoms with Crippen LogP contribution in [0.5, 0.6) is 5.75 Å². The Balaban J connectivity index is 2.19. The van der Waals surface area contributed by atoms with Crippen molar-refractivity contribution in [2.45, 2.75) is 46.5 Å². The minimum absolute atomic E-state index is 0.631. The van der Waals surface area contributed by atoms with Gasteiger partial charge in [0.05, 0.1) is 0 Å². The zero-order valence-electron chi connectivity index (χ0n) is 12.9. The van der Waals surface area contributed by atoms with Gasteiger partial charge in [-0.05, 0) is 48.9 Å². The lowest BCUT2D eigenvalue weighted by atomic mass is 9.99. The third-order valence-corrected chi connectivity index (χ3v) is 3.51. The smallest absolute Gasteiger partial charge is 0.119 e. The second kappa shape index (κ2) is 8.98. The molecule has 0 aromatic heterocycles. The molecule has 0 radical (unpaired) electrons. The van der Waals surface area contributed by atoms with Crippen molar-refractivity contribution in [1.82, 2.24) is 5.32 Å². The Morgan fingerprint density at radius 2 is 1.74 bits per heavy atom. The fourth-order valence-electron chi connectivity index (χ4n) is 1.89. The molecule has 0 bridgehead atoms. The quantitative estimate of drug-likeness (QED) is 0.674. The van der Waals surface area contributed by atoms with Crippen molar-refractivity contribution in [3.8, 4) is 5.75 Å². The van der Waals surface area contributed by atoms with Crippen LogP contribution < -0.4 is 10.1 Å². The van der Waals surface area contributed by atoms with Gasteiger partial charge < -0.3 is 10.1 Å². The van der Waals surface area contributed by atoms with E-state index in [-0.39, 0.29) is 0 Å². The van der Waals surface area contributed by atoms with Crippen molar-refractivity contribution in [2.24, 2.45) is 5.92 Å². The molecular formula is C17H29NO. The summed E-state index contributed by atoms with van der Waals surface area (Å²) in [6.45, 7) is 11.7. The highest BCUT2D eigenvalue weighted by Gasteiger charge is 2.02. The molecule has 0 saturated carbocycles. The molecule has 108 valence electrons. The Morgan fingerprint density at radius 3 is 2.32 bits per heavy atom. The van der Waals surface area contributed by atoms with E-state index in [1.807, 2.05) is 0 Å². The Morgan fingerprint density at radius 1 is 1.05 bits per heavy atom. The first-order valence-corrected chi connectivity index (χ1v) is 7.57. The lowest BCUT2D eigenvalue weighted by Gasteiger charge is -2.11. The van der Waals surface area contributed by atoms with Crippen LogP contribution in [0, 0.1) is 5.92 Å². The van der Waals surface area contributed by atoms with Gasteiger partial charge in [-0.25, -0.2) is 0 Å². The first-order chi connectivity index (χ1) is 9.13. The van der Waals surface area contributed by atoms with E-state index in [0.717, 1.165) is 31.4 Å². The molecule has 1 aromatic rings. The highest BCUT2D eigenvalue weighted by molar-refractivity contribution is 5.29. The molecule has 1 N–H and O–H groups in total. The van der Waals surface area contributed by atoms with Crippen LogP contribution in [0.1, 0.15) is 52.0 Å². The van der Waals surface area contributed by atoms with Crippen molar-refractivity contribution in [3.05, 3.63) is 29.8 Å². The topological polar surface area (TPSA) is 21.3 Å². The number of hydrogen-bond donors (Lipinski definition) is 1. The summed E-state index contributed by atoms with van der Waals surface area (Å²) in [5, 5.41) is 3.40. The van der Waals surface area contributed by atoms with E-state index < -0.39 is 0 Å². The molecule has 1 aromatic carbocycles. The zero-order valence-corrected chi connectivity index (χ0v) is 12.9. The second-order valence-electron chi connectivity index (χ2n) is 5.66. The molecule has 1 unspecified atom stereocenters. The first-order valence-electron chi connectivity index (χ1n) is 7.57. The number of hydrogen-bond acceptors (Lipinski definition) is 2. The lowest BCUT2D eigenvalue weighted by molar-refractivity contribution is 0.312. The molecule has 0 aliphatic heterocycles. The Kier molecular flexibility index (Phi) is 7.57. The van der Waals surface area contributed by atoms with Crippen LogP contribution in [-0.4, -0.2) is 19.7 Å². The standard InChI is InChI=1S/C17H29NO/c1-5-15(4)16-6-8-17(9-7-16)19-13-12-18-11-10-14(2)3/h6-9,14-15,18H,5,10-13H2,1-4H3. The van der Waals surface area contributed by atoms with Crippen LogP contribution in [0.25, 0.3) is 0 Å². The average molecular weight is 263 g/mol. The maximum atomic E-state index is 5.72. The van der Waals surface area contributed by atoms with Gasteiger partial charge in [0.1, 0.15) is 12.4 Å². The van der Waals surface area contributed by atoms with Crippen LogP contribution in [0.3, 0.4) is 0 Å². The van der Waals surface area contributed by atoms with Crippen LogP contribution >= 0.6 is 0 Å². The highest BCUT2D eigenvalue weighted by atomic mass is 16.5. The Hall–Kier alpha value is -1.02. The Bertz CT molecular complexity index is 332. The van der Waals surface area contributed by atoms with E-state index in [1.54, 1.807) is 0 Å². The molecular weight excluding hydrogens is 234 g/mol. The normalized spacial score (nSPS) is 12.7. The van der Waals surface area contributed by atoms with Gasteiger partial charge in [-0.1, -0.05) is 39.8 Å². The lowest BCUT2D eigenvalue weighted by Crippen LogP contribution is -2.23. The minimum atomic E-state index is 0.631. The van der Waals surface area contributed by atoms with Crippen LogP contribution in [0.15, 0.2) is 24.3 Å². The van der Waals surface area contributed by atoms with Crippen molar-refractivity contribution in [3.63, 3.8) is 0 Å². The molecule has 0 spiro atoms. The van der Waals surface area contributed by atoms with Gasteiger partial charge in [0.2, 0.25) is 0 Å². The molecule has 0 amide bonds. The summed E-state index contributed by atoms with van der Waals surface area (Å²) in [4.78, 5) is 0. The van der Waals surface area contributed by atoms with E-state index in [1.165, 1.54) is 18.4 Å². The SMILES string of the molecule is CCC(C)c1ccc(OCCNCCC(C)C)cc1. The maximum absolute atomic E-state index is 5.72. The van der Waals surface area contributed by atoms with Crippen molar-refractivity contribution in [2.75, 3.05) is 19.7 Å². The Labute approximate surface area is 118 Å². The molecule has 0 aliphatic rings. The summed E-state index contributed by atoms with van der Waals surface area (Å²) in [6.07, 6.45) is 2.41. The average Bonchev–Trinajstić information content (AvgIpc) is 2.42. The molecule has 0 saturated heterocycles. The number of nitrogens with one attached hydrogen (secondary N) is 1. The van der Waals surface area contributed by atoms with Crippen LogP contribution in [0.2, 0.25) is 0 Å². The van der Waals surface area contributed by atoms with Gasteiger partial charge in [-0.15, -0.1) is 0 Å². The van der Waals surface area contributed by atoms with E-state index in [2.05, 4.69) is 57.3 Å². The molecule has 0 heterocycles. The van der Waals surface area contributed by atoms with Crippen LogP contribution in [-0.2, 0) is 0 Å². The fraction of sp³-hybridized carbons (Fsp3) is 0.647. The largest absolute Gasteiger partial charge is 0.492 e. The summed E-state index contributed by atoms with van der Waals surface area (Å²) in [7, 11) is 0. The van der Waals surface area contributed by atoms with E-state index in [4.69, 9.17) is 4.74 Å². The summed E-state index contributed by atoms with van der Waals surface area (Å²) in [5.74, 6) is 2.37. The highest BCUT2D eigenvalue weighted by Crippen LogP contribution is 2.21. The van der Waals surface area contributed by atoms with Gasteiger partial charge in [-0.2, -0.15) is 0 Å². The van der Waals surface area contributed by atoms with E-state index >= 15 is 0 Å². The predicted molar refractivity (Wildman–Crippen MR) is 83.0 cm³/mol. The molecule has 2 heteroatoms. The third-order valence-electron chi connectivity index (χ3n) is 3.51. The number of ether oxygens (including phenoxy) is 1. The molecule has 0 fully saturated rings. The monoisotopic (exact) mass is 263 g/mol. The molecule has 0 aliphatic carbocycles. The van der Waals surface area contributed by atoms with Gasteiger partial charge >= 0.3 is 0 Å². The van der Waals surface area contributed by atoms with E-state index in [9.17, 15) is 0 Å².